The highest BCUT2D eigenvalue weighted by Gasteiger charge is 2.36. The molecule has 0 aliphatic carbocycles. The molecule has 10 heteroatoms. The van der Waals surface area contributed by atoms with Crippen LogP contribution < -0.4 is 19.7 Å². The molecule has 1 atom stereocenters. The van der Waals surface area contributed by atoms with E-state index in [1.807, 2.05) is 0 Å². The monoisotopic (exact) mass is 450 g/mol. The van der Waals surface area contributed by atoms with Gasteiger partial charge < -0.3 is 19.7 Å². The van der Waals surface area contributed by atoms with E-state index in [1.165, 1.54) is 23.1 Å². The number of nitrogens with one attached hydrogen (secondary N) is 1. The lowest BCUT2D eigenvalue weighted by molar-refractivity contribution is -0.122. The van der Waals surface area contributed by atoms with Crippen molar-refractivity contribution in [2.75, 3.05) is 36.2 Å². The predicted molar refractivity (Wildman–Crippen MR) is 111 cm³/mol. The molecule has 2 aromatic carbocycles. The van der Waals surface area contributed by atoms with Gasteiger partial charge in [-0.2, -0.15) is 0 Å². The molecule has 2 aromatic rings. The summed E-state index contributed by atoms with van der Waals surface area (Å²) in [6.45, 7) is 1.09. The normalized spacial score (nSPS) is 18.4. The van der Waals surface area contributed by atoms with Crippen LogP contribution in [-0.2, 0) is 19.4 Å². The minimum Gasteiger partial charge on any atom is -0.486 e. The first kappa shape index (κ1) is 20.5. The van der Waals surface area contributed by atoms with Gasteiger partial charge >= 0.3 is 0 Å². The molecule has 2 aliphatic heterocycles. The summed E-state index contributed by atoms with van der Waals surface area (Å²) in [5, 5.41) is 2.86. The zero-order chi connectivity index (χ0) is 21.5. The third-order valence-corrected chi connectivity index (χ3v) is 6.40. The standard InChI is InChI=1S/C20H19ClN2O6S/c1-30(26,27)14-3-4-15(21)16(10-14)22-20(25)12-8-19(24)23(11-12)13-2-5-17-18(9-13)29-7-6-28-17/h2-5,9-10,12H,6-8,11H2,1H3,(H,22,25)/t12-/m0/s1. The highest BCUT2D eigenvalue weighted by atomic mass is 35.5. The molecule has 4 rings (SSSR count). The Balaban J connectivity index is 1.50. The van der Waals surface area contributed by atoms with Crippen molar-refractivity contribution in [2.45, 2.75) is 11.3 Å². The van der Waals surface area contributed by atoms with Crippen molar-refractivity contribution in [3.63, 3.8) is 0 Å². The minimum absolute atomic E-state index is 0.0314. The maximum Gasteiger partial charge on any atom is 0.229 e. The van der Waals surface area contributed by atoms with Crippen molar-refractivity contribution >= 4 is 44.6 Å². The quantitative estimate of drug-likeness (QED) is 0.767. The van der Waals surface area contributed by atoms with Crippen molar-refractivity contribution in [3.8, 4) is 11.5 Å². The van der Waals surface area contributed by atoms with E-state index in [9.17, 15) is 18.0 Å². The molecule has 0 radical (unpaired) electrons. The first-order chi connectivity index (χ1) is 14.2. The maximum atomic E-state index is 12.7. The number of hydrogen-bond acceptors (Lipinski definition) is 6. The average Bonchev–Trinajstić information content (AvgIpc) is 3.10. The zero-order valence-corrected chi connectivity index (χ0v) is 17.6. The van der Waals surface area contributed by atoms with Crippen LogP contribution in [0.25, 0.3) is 0 Å². The average molecular weight is 451 g/mol. The van der Waals surface area contributed by atoms with Crippen LogP contribution in [0.2, 0.25) is 5.02 Å². The van der Waals surface area contributed by atoms with Crippen LogP contribution in [-0.4, -0.2) is 46.2 Å². The smallest absolute Gasteiger partial charge is 0.229 e. The molecule has 0 saturated carbocycles. The van der Waals surface area contributed by atoms with Crippen LogP contribution in [0.3, 0.4) is 0 Å². The minimum atomic E-state index is -3.45. The molecule has 8 nitrogen and oxygen atoms in total. The van der Waals surface area contributed by atoms with Crippen LogP contribution in [0.4, 0.5) is 11.4 Å². The summed E-state index contributed by atoms with van der Waals surface area (Å²) in [4.78, 5) is 26.8. The molecule has 0 bridgehead atoms. The molecule has 0 spiro atoms. The van der Waals surface area contributed by atoms with Gasteiger partial charge in [0.2, 0.25) is 11.8 Å². The number of amides is 2. The number of hydrogen-bond donors (Lipinski definition) is 1. The molecule has 2 amide bonds. The third kappa shape index (κ3) is 4.08. The molecular weight excluding hydrogens is 432 g/mol. The molecule has 0 aromatic heterocycles. The number of carbonyl (C=O) groups excluding carboxylic acids is 2. The van der Waals surface area contributed by atoms with Gasteiger partial charge in [0.15, 0.2) is 21.3 Å². The Morgan fingerprint density at radius 2 is 1.87 bits per heavy atom. The van der Waals surface area contributed by atoms with Crippen molar-refractivity contribution in [3.05, 3.63) is 41.4 Å². The molecule has 1 N–H and O–H groups in total. The molecule has 2 heterocycles. The zero-order valence-electron chi connectivity index (χ0n) is 16.1. The van der Waals surface area contributed by atoms with Crippen molar-refractivity contribution in [1.29, 1.82) is 0 Å². The fourth-order valence-electron chi connectivity index (χ4n) is 3.40. The fourth-order valence-corrected chi connectivity index (χ4v) is 4.21. The Hall–Kier alpha value is -2.78. The summed E-state index contributed by atoms with van der Waals surface area (Å²) in [7, 11) is -3.45. The third-order valence-electron chi connectivity index (χ3n) is 4.96. The van der Waals surface area contributed by atoms with Crippen molar-refractivity contribution < 1.29 is 27.5 Å². The summed E-state index contributed by atoms with van der Waals surface area (Å²) in [6, 6.07) is 9.30. The highest BCUT2D eigenvalue weighted by molar-refractivity contribution is 7.90. The van der Waals surface area contributed by atoms with Gasteiger partial charge in [-0.3, -0.25) is 9.59 Å². The van der Waals surface area contributed by atoms with Gasteiger partial charge in [-0.15, -0.1) is 0 Å². The highest BCUT2D eigenvalue weighted by Crippen LogP contribution is 2.36. The Labute approximate surface area is 178 Å². The van der Waals surface area contributed by atoms with Gasteiger partial charge in [-0.1, -0.05) is 11.6 Å². The summed E-state index contributed by atoms with van der Waals surface area (Å²) in [6.07, 6.45) is 1.10. The van der Waals surface area contributed by atoms with Gasteiger partial charge in [0, 0.05) is 31.0 Å². The number of rotatable bonds is 4. The van der Waals surface area contributed by atoms with E-state index < -0.39 is 21.7 Å². The predicted octanol–water partition coefficient (Wildman–Crippen LogP) is 2.51. The van der Waals surface area contributed by atoms with Crippen LogP contribution in [0.1, 0.15) is 6.42 Å². The van der Waals surface area contributed by atoms with Gasteiger partial charge in [-0.05, 0) is 30.3 Å². The van der Waals surface area contributed by atoms with E-state index >= 15 is 0 Å². The van der Waals surface area contributed by atoms with E-state index in [-0.39, 0.29) is 34.5 Å². The van der Waals surface area contributed by atoms with Crippen molar-refractivity contribution in [2.24, 2.45) is 5.92 Å². The lowest BCUT2D eigenvalue weighted by atomic mass is 10.1. The summed E-state index contributed by atoms with van der Waals surface area (Å²) >= 11 is 6.11. The first-order valence-electron chi connectivity index (χ1n) is 9.23. The molecule has 1 fully saturated rings. The molecular formula is C20H19ClN2O6S. The Kier molecular flexibility index (Phi) is 5.33. The summed E-state index contributed by atoms with van der Waals surface area (Å²) < 4.78 is 34.6. The largest absolute Gasteiger partial charge is 0.486 e. The Bertz CT molecular complexity index is 1130. The summed E-state index contributed by atoms with van der Waals surface area (Å²) in [5.41, 5.74) is 0.812. The van der Waals surface area contributed by atoms with E-state index in [1.54, 1.807) is 18.2 Å². The number of sulfone groups is 1. The number of carbonyl (C=O) groups is 2. The fraction of sp³-hybridized carbons (Fsp3) is 0.300. The number of benzene rings is 2. The second kappa shape index (κ2) is 7.81. The van der Waals surface area contributed by atoms with E-state index in [0.29, 0.717) is 30.4 Å². The number of ether oxygens (including phenoxy) is 2. The lowest BCUT2D eigenvalue weighted by Gasteiger charge is -2.22. The van der Waals surface area contributed by atoms with Crippen LogP contribution in [0.15, 0.2) is 41.3 Å². The molecule has 30 heavy (non-hydrogen) atoms. The lowest BCUT2D eigenvalue weighted by Crippen LogP contribution is -2.28. The molecule has 1 saturated heterocycles. The van der Waals surface area contributed by atoms with Crippen LogP contribution in [0, 0.1) is 5.92 Å². The molecule has 158 valence electrons. The van der Waals surface area contributed by atoms with Crippen LogP contribution in [0.5, 0.6) is 11.5 Å². The summed E-state index contributed by atoms with van der Waals surface area (Å²) in [5.74, 6) is -0.0300. The molecule has 2 aliphatic rings. The van der Waals surface area contributed by atoms with Crippen LogP contribution >= 0.6 is 11.6 Å². The SMILES string of the molecule is CS(=O)(=O)c1ccc(Cl)c(NC(=O)[C@H]2CC(=O)N(c3ccc4c(c3)OCCO4)C2)c1. The van der Waals surface area contributed by atoms with Crippen molar-refractivity contribution in [1.82, 2.24) is 0 Å². The van der Waals surface area contributed by atoms with Gasteiger partial charge in [-0.25, -0.2) is 8.42 Å². The Morgan fingerprint density at radius 3 is 2.60 bits per heavy atom. The van der Waals surface area contributed by atoms with E-state index in [0.717, 1.165) is 6.26 Å². The second-order valence-corrected chi connectivity index (χ2v) is 9.56. The maximum absolute atomic E-state index is 12.7. The number of nitrogens with zero attached hydrogens (tertiary/aromatic N) is 1. The van der Waals surface area contributed by atoms with E-state index in [2.05, 4.69) is 5.32 Å². The van der Waals surface area contributed by atoms with Gasteiger partial charge in [0.25, 0.3) is 0 Å². The molecule has 0 unspecified atom stereocenters. The van der Waals surface area contributed by atoms with Gasteiger partial charge in [0.05, 0.1) is 21.5 Å². The topological polar surface area (TPSA) is 102 Å². The first-order valence-corrected chi connectivity index (χ1v) is 11.5. The second-order valence-electron chi connectivity index (χ2n) is 7.14. The Morgan fingerprint density at radius 1 is 1.13 bits per heavy atom. The van der Waals surface area contributed by atoms with E-state index in [4.69, 9.17) is 21.1 Å². The number of fused-ring (bicyclic) bond motifs is 1. The number of anilines is 2. The number of halogens is 1. The van der Waals surface area contributed by atoms with Gasteiger partial charge in [0.1, 0.15) is 13.2 Å².